The molecule has 5 nitrogen and oxygen atoms in total. The third-order valence-corrected chi connectivity index (χ3v) is 8.31. The van der Waals surface area contributed by atoms with Gasteiger partial charge in [-0.3, -0.25) is 14.2 Å². The van der Waals surface area contributed by atoms with E-state index in [0.717, 1.165) is 65.7 Å². The van der Waals surface area contributed by atoms with E-state index in [1.807, 2.05) is 39.0 Å². The van der Waals surface area contributed by atoms with E-state index in [-0.39, 0.29) is 22.6 Å². The smallest absolute Gasteiger partial charge is 0.258 e. The van der Waals surface area contributed by atoms with Crippen LogP contribution in [0.15, 0.2) is 52.4 Å². The second-order valence-electron chi connectivity index (χ2n) is 9.64. The summed E-state index contributed by atoms with van der Waals surface area (Å²) in [5.74, 6) is 0.102. The van der Waals surface area contributed by atoms with Crippen molar-refractivity contribution in [1.82, 2.24) is 9.55 Å². The zero-order valence-corrected chi connectivity index (χ0v) is 20.9. The Balaban J connectivity index is 1.49. The van der Waals surface area contributed by atoms with Crippen molar-refractivity contribution in [2.45, 2.75) is 70.0 Å². The number of aromatic nitrogens is 2. The Morgan fingerprint density at radius 1 is 1.15 bits per heavy atom. The molecule has 0 aliphatic heterocycles. The number of hydrogen-bond acceptors (Lipinski definition) is 4. The van der Waals surface area contributed by atoms with Crippen LogP contribution in [0.5, 0.6) is 0 Å². The summed E-state index contributed by atoms with van der Waals surface area (Å²) in [5, 5.41) is 3.62. The van der Waals surface area contributed by atoms with Gasteiger partial charge in [0.1, 0.15) is 0 Å². The van der Waals surface area contributed by atoms with Crippen molar-refractivity contribution in [2.75, 3.05) is 11.1 Å². The summed E-state index contributed by atoms with van der Waals surface area (Å²) in [6.07, 6.45) is 5.31. The molecule has 0 unspecified atom stereocenters. The van der Waals surface area contributed by atoms with Gasteiger partial charge in [0.2, 0.25) is 5.91 Å². The lowest BCUT2D eigenvalue weighted by atomic mass is 9.68. The number of anilines is 1. The van der Waals surface area contributed by atoms with Gasteiger partial charge >= 0.3 is 0 Å². The molecule has 176 valence electrons. The van der Waals surface area contributed by atoms with Crippen molar-refractivity contribution in [2.24, 2.45) is 0 Å². The third kappa shape index (κ3) is 3.98. The Morgan fingerprint density at radius 2 is 1.91 bits per heavy atom. The van der Waals surface area contributed by atoms with E-state index in [9.17, 15) is 9.59 Å². The van der Waals surface area contributed by atoms with Crippen LogP contribution in [0.2, 0.25) is 0 Å². The molecule has 0 atom stereocenters. The van der Waals surface area contributed by atoms with Crippen LogP contribution in [0.3, 0.4) is 0 Å². The topological polar surface area (TPSA) is 64.0 Å². The Labute approximate surface area is 205 Å². The predicted octanol–water partition coefficient (Wildman–Crippen LogP) is 5.65. The molecule has 1 saturated carbocycles. The molecule has 5 rings (SSSR count). The van der Waals surface area contributed by atoms with Crippen molar-refractivity contribution in [3.05, 3.63) is 75.1 Å². The van der Waals surface area contributed by atoms with Gasteiger partial charge < -0.3 is 5.32 Å². The lowest BCUT2D eigenvalue weighted by molar-refractivity contribution is -0.113. The van der Waals surface area contributed by atoms with Crippen LogP contribution in [0.4, 0.5) is 5.69 Å². The number of amides is 1. The number of nitrogens with one attached hydrogen (secondary N) is 1. The Hall–Kier alpha value is -2.86. The molecular formula is C28H31N3O2S. The summed E-state index contributed by atoms with van der Waals surface area (Å²) in [6, 6.07) is 14.3. The molecule has 3 aromatic rings. The van der Waals surface area contributed by atoms with Crippen LogP contribution >= 0.6 is 11.8 Å². The summed E-state index contributed by atoms with van der Waals surface area (Å²) in [4.78, 5) is 31.7. The number of benzene rings is 2. The normalized spacial score (nSPS) is 15.7. The minimum absolute atomic E-state index is 0.0705. The molecule has 1 aromatic heterocycles. The predicted molar refractivity (Wildman–Crippen MR) is 139 cm³/mol. The fraction of sp³-hybridized carbons (Fsp3) is 0.393. The van der Waals surface area contributed by atoms with Crippen molar-refractivity contribution < 1.29 is 4.79 Å². The minimum Gasteiger partial charge on any atom is -0.325 e. The van der Waals surface area contributed by atoms with Gasteiger partial charge in [0.05, 0.1) is 17.0 Å². The van der Waals surface area contributed by atoms with E-state index in [1.165, 1.54) is 17.3 Å². The first-order valence-electron chi connectivity index (χ1n) is 12.2. The molecule has 1 amide bonds. The average Bonchev–Trinajstić information content (AvgIpc) is 3.27. The minimum atomic E-state index is -0.103. The number of carbonyl (C=O) groups is 1. The number of carbonyl (C=O) groups excluding carboxylic acids is 1. The van der Waals surface area contributed by atoms with Crippen LogP contribution in [0.1, 0.15) is 54.9 Å². The first kappa shape index (κ1) is 22.9. The quantitative estimate of drug-likeness (QED) is 0.384. The highest BCUT2D eigenvalue weighted by Crippen LogP contribution is 2.49. The highest BCUT2D eigenvalue weighted by molar-refractivity contribution is 7.99. The molecule has 34 heavy (non-hydrogen) atoms. The number of rotatable bonds is 5. The maximum atomic E-state index is 13.9. The number of nitrogens with zero attached hydrogens (tertiary/aromatic N) is 2. The number of fused-ring (bicyclic) bond motifs is 4. The zero-order chi connectivity index (χ0) is 23.9. The molecular weight excluding hydrogens is 442 g/mol. The zero-order valence-electron chi connectivity index (χ0n) is 20.1. The molecule has 0 radical (unpaired) electrons. The van der Waals surface area contributed by atoms with Gasteiger partial charge in [0, 0.05) is 23.2 Å². The lowest BCUT2D eigenvalue weighted by Gasteiger charge is -2.36. The molecule has 1 spiro atoms. The van der Waals surface area contributed by atoms with E-state index in [0.29, 0.717) is 11.7 Å². The first-order chi connectivity index (χ1) is 16.4. The van der Waals surface area contributed by atoms with E-state index in [1.54, 1.807) is 4.57 Å². The van der Waals surface area contributed by atoms with Gasteiger partial charge in [-0.15, -0.1) is 0 Å². The van der Waals surface area contributed by atoms with Crippen LogP contribution in [-0.2, 0) is 23.2 Å². The second-order valence-corrected chi connectivity index (χ2v) is 10.6. The first-order valence-corrected chi connectivity index (χ1v) is 13.1. The number of aryl methyl sites for hydroxylation is 2. The Bertz CT molecular complexity index is 1320. The van der Waals surface area contributed by atoms with Crippen molar-refractivity contribution in [1.29, 1.82) is 0 Å². The number of hydrogen-bond donors (Lipinski definition) is 1. The van der Waals surface area contributed by atoms with Crippen LogP contribution in [0.25, 0.3) is 11.3 Å². The van der Waals surface area contributed by atoms with E-state index >= 15 is 0 Å². The van der Waals surface area contributed by atoms with Crippen LogP contribution in [-0.4, -0.2) is 21.2 Å². The maximum Gasteiger partial charge on any atom is 0.258 e. The Kier molecular flexibility index (Phi) is 6.11. The highest BCUT2D eigenvalue weighted by Gasteiger charge is 2.44. The molecule has 2 aromatic carbocycles. The van der Waals surface area contributed by atoms with E-state index in [4.69, 9.17) is 4.98 Å². The van der Waals surface area contributed by atoms with Gasteiger partial charge in [-0.25, -0.2) is 4.98 Å². The second kappa shape index (κ2) is 9.06. The molecule has 0 bridgehead atoms. The Morgan fingerprint density at radius 3 is 2.65 bits per heavy atom. The fourth-order valence-electron chi connectivity index (χ4n) is 5.70. The van der Waals surface area contributed by atoms with Crippen LogP contribution < -0.4 is 10.9 Å². The maximum absolute atomic E-state index is 13.9. The van der Waals surface area contributed by atoms with Gasteiger partial charge in [-0.1, -0.05) is 66.6 Å². The molecule has 0 saturated heterocycles. The summed E-state index contributed by atoms with van der Waals surface area (Å²) in [6.45, 7) is 6.55. The third-order valence-electron chi connectivity index (χ3n) is 7.33. The van der Waals surface area contributed by atoms with Crippen LogP contribution in [0, 0.1) is 13.8 Å². The van der Waals surface area contributed by atoms with Crippen molar-refractivity contribution >= 4 is 23.4 Å². The largest absolute Gasteiger partial charge is 0.325 e. The van der Waals surface area contributed by atoms with Gasteiger partial charge in [0.15, 0.2) is 5.16 Å². The standard InChI is InChI=1S/C28H31N3O2S/c1-4-31-26(33)24-25(21-10-6-5-9-20(21)16-28(24)13-7-8-14-28)30-27(31)34-17-23(32)29-22-12-11-18(2)15-19(22)3/h5-6,9-12,15H,4,7-8,13-14,16-17H2,1-3H3,(H,29,32). The van der Waals surface area contributed by atoms with Crippen molar-refractivity contribution in [3.63, 3.8) is 0 Å². The molecule has 1 heterocycles. The van der Waals surface area contributed by atoms with E-state index in [2.05, 4.69) is 29.6 Å². The lowest BCUT2D eigenvalue weighted by Crippen LogP contribution is -2.40. The van der Waals surface area contributed by atoms with Gasteiger partial charge in [-0.2, -0.15) is 0 Å². The van der Waals surface area contributed by atoms with Crippen molar-refractivity contribution in [3.8, 4) is 11.3 Å². The molecule has 2 aliphatic carbocycles. The highest BCUT2D eigenvalue weighted by atomic mass is 32.2. The SMILES string of the molecule is CCn1c(SCC(=O)Nc2ccc(C)cc2C)nc2c(c1=O)C1(CCCC1)Cc1ccccc1-2. The molecule has 2 aliphatic rings. The molecule has 1 N–H and O–H groups in total. The summed E-state index contributed by atoms with van der Waals surface area (Å²) in [7, 11) is 0. The number of thioether (sulfide) groups is 1. The summed E-state index contributed by atoms with van der Waals surface area (Å²) < 4.78 is 1.77. The monoisotopic (exact) mass is 473 g/mol. The average molecular weight is 474 g/mol. The van der Waals surface area contributed by atoms with E-state index < -0.39 is 0 Å². The summed E-state index contributed by atoms with van der Waals surface area (Å²) in [5.41, 5.74) is 7.06. The van der Waals surface area contributed by atoms with Gasteiger partial charge in [-0.05, 0) is 57.2 Å². The van der Waals surface area contributed by atoms with Gasteiger partial charge in [0.25, 0.3) is 5.56 Å². The fourth-order valence-corrected chi connectivity index (χ4v) is 6.56. The molecule has 1 fully saturated rings. The molecule has 6 heteroatoms. The summed E-state index contributed by atoms with van der Waals surface area (Å²) >= 11 is 1.34.